The first kappa shape index (κ1) is 20.0. The molecule has 0 unspecified atom stereocenters. The van der Waals surface area contributed by atoms with Crippen LogP contribution in [0.4, 0.5) is 0 Å². The molecule has 0 aliphatic carbocycles. The molecule has 0 spiro atoms. The molecule has 0 fully saturated rings. The van der Waals surface area contributed by atoms with Crippen LogP contribution >= 0.6 is 0 Å². The minimum atomic E-state index is 1.27. The number of hydrogen-bond donors (Lipinski definition) is 0. The number of rotatable bonds is 2. The highest BCUT2D eigenvalue weighted by atomic mass is 14.2. The molecule has 0 atom stereocenters. The lowest BCUT2D eigenvalue weighted by atomic mass is 9.82. The van der Waals surface area contributed by atoms with E-state index in [1.165, 1.54) is 70.9 Å². The molecule has 0 aromatic heterocycles. The van der Waals surface area contributed by atoms with Gasteiger partial charge < -0.3 is 0 Å². The summed E-state index contributed by atoms with van der Waals surface area (Å²) in [4.78, 5) is 0. The summed E-state index contributed by atoms with van der Waals surface area (Å²) in [6, 6.07) is 46.5. The predicted molar refractivity (Wildman–Crippen MR) is 152 cm³/mol. The van der Waals surface area contributed by atoms with Gasteiger partial charge in [-0.25, -0.2) is 0 Å². The fraction of sp³-hybridized carbons (Fsp3) is 0.0286. The minimum Gasteiger partial charge on any atom is -0.0616 e. The third-order valence-electron chi connectivity index (χ3n) is 7.38. The van der Waals surface area contributed by atoms with E-state index in [4.69, 9.17) is 0 Å². The molecule has 0 amide bonds. The van der Waals surface area contributed by atoms with Crippen molar-refractivity contribution in [3.63, 3.8) is 0 Å². The molecular weight excluding hydrogens is 420 g/mol. The van der Waals surface area contributed by atoms with E-state index in [-0.39, 0.29) is 0 Å². The summed E-state index contributed by atoms with van der Waals surface area (Å²) in [7, 11) is 0. The first-order valence-electron chi connectivity index (χ1n) is 12.2. The van der Waals surface area contributed by atoms with Gasteiger partial charge in [-0.2, -0.15) is 0 Å². The molecule has 0 aliphatic heterocycles. The molecule has 164 valence electrons. The Labute approximate surface area is 205 Å². The van der Waals surface area contributed by atoms with Crippen LogP contribution in [0.15, 0.2) is 127 Å². The first-order chi connectivity index (χ1) is 17.3. The minimum absolute atomic E-state index is 1.27. The molecule has 0 heteroatoms. The van der Waals surface area contributed by atoms with E-state index in [0.717, 1.165) is 0 Å². The highest BCUT2D eigenvalue weighted by Crippen LogP contribution is 2.47. The van der Waals surface area contributed by atoms with E-state index in [9.17, 15) is 0 Å². The lowest BCUT2D eigenvalue weighted by molar-refractivity contribution is 1.53. The van der Waals surface area contributed by atoms with Gasteiger partial charge in [0.15, 0.2) is 0 Å². The maximum atomic E-state index is 2.31. The van der Waals surface area contributed by atoms with Crippen LogP contribution < -0.4 is 0 Å². The monoisotopic (exact) mass is 444 g/mol. The summed E-state index contributed by atoms with van der Waals surface area (Å²) < 4.78 is 0. The lowest BCUT2D eigenvalue weighted by Gasteiger charge is -2.21. The summed E-state index contributed by atoms with van der Waals surface area (Å²) in [5.41, 5.74) is 6.54. The summed E-state index contributed by atoms with van der Waals surface area (Å²) in [5, 5.41) is 10.4. The third-order valence-corrected chi connectivity index (χ3v) is 7.38. The van der Waals surface area contributed by atoms with E-state index >= 15 is 0 Å². The highest BCUT2D eigenvalue weighted by Gasteiger charge is 2.19. The normalized spacial score (nSPS) is 11.6. The van der Waals surface area contributed by atoms with Gasteiger partial charge >= 0.3 is 0 Å². The van der Waals surface area contributed by atoms with Crippen molar-refractivity contribution in [1.82, 2.24) is 0 Å². The molecule has 0 heterocycles. The van der Waals surface area contributed by atoms with Gasteiger partial charge in [0.2, 0.25) is 0 Å². The molecule has 0 saturated heterocycles. The van der Waals surface area contributed by atoms with Crippen molar-refractivity contribution in [3.8, 4) is 22.3 Å². The molecule has 0 N–H and O–H groups in total. The average Bonchev–Trinajstić information content (AvgIpc) is 2.91. The predicted octanol–water partition coefficient (Wildman–Crippen LogP) is 9.94. The molecule has 0 nitrogen and oxygen atoms in total. The van der Waals surface area contributed by atoms with Crippen molar-refractivity contribution in [1.29, 1.82) is 0 Å². The van der Waals surface area contributed by atoms with Crippen LogP contribution in [0.2, 0.25) is 0 Å². The van der Waals surface area contributed by atoms with E-state index in [1.807, 2.05) is 0 Å². The van der Waals surface area contributed by atoms with Crippen LogP contribution in [0.25, 0.3) is 65.3 Å². The lowest BCUT2D eigenvalue weighted by Crippen LogP contribution is -1.94. The molecule has 7 aromatic rings. The largest absolute Gasteiger partial charge is 0.0616 e. The molecule has 0 aliphatic rings. The molecular formula is C35H24. The maximum Gasteiger partial charge on any atom is -0.00175 e. The van der Waals surface area contributed by atoms with Gasteiger partial charge in [-0.1, -0.05) is 127 Å². The quantitative estimate of drug-likeness (QED) is 0.233. The van der Waals surface area contributed by atoms with Crippen molar-refractivity contribution in [3.05, 3.63) is 133 Å². The Kier molecular flexibility index (Phi) is 4.47. The Morgan fingerprint density at radius 2 is 0.771 bits per heavy atom. The number of hydrogen-bond acceptors (Lipinski definition) is 0. The third kappa shape index (κ3) is 3.00. The number of aryl methyl sites for hydroxylation is 1. The second-order valence-corrected chi connectivity index (χ2v) is 9.35. The van der Waals surface area contributed by atoms with Crippen molar-refractivity contribution in [2.24, 2.45) is 0 Å². The van der Waals surface area contributed by atoms with Gasteiger partial charge in [-0.15, -0.1) is 0 Å². The van der Waals surface area contributed by atoms with Crippen molar-refractivity contribution < 1.29 is 0 Å². The summed E-state index contributed by atoms with van der Waals surface area (Å²) in [5.74, 6) is 0. The Balaban J connectivity index is 1.73. The smallest absolute Gasteiger partial charge is 0.00175 e. The van der Waals surface area contributed by atoms with E-state index in [0.29, 0.717) is 0 Å². The SMILES string of the molecule is Cc1cccc2c(-c3cccc4ccccc34)c3ccccc3c(-c3cccc4ccccc34)c12. The van der Waals surface area contributed by atoms with Crippen LogP contribution in [0, 0.1) is 6.92 Å². The van der Waals surface area contributed by atoms with Gasteiger partial charge in [-0.3, -0.25) is 0 Å². The molecule has 7 aromatic carbocycles. The zero-order valence-electron chi connectivity index (χ0n) is 19.6. The Morgan fingerprint density at radius 3 is 1.40 bits per heavy atom. The fourth-order valence-electron chi connectivity index (χ4n) is 5.86. The summed E-state index contributed by atoms with van der Waals surface area (Å²) in [6.07, 6.45) is 0. The second-order valence-electron chi connectivity index (χ2n) is 9.35. The number of fused-ring (bicyclic) bond motifs is 4. The van der Waals surface area contributed by atoms with Crippen LogP contribution in [0.5, 0.6) is 0 Å². The molecule has 0 radical (unpaired) electrons. The van der Waals surface area contributed by atoms with Crippen molar-refractivity contribution in [2.75, 3.05) is 0 Å². The van der Waals surface area contributed by atoms with E-state index in [2.05, 4.69) is 134 Å². The zero-order valence-corrected chi connectivity index (χ0v) is 19.6. The molecule has 7 rings (SSSR count). The topological polar surface area (TPSA) is 0 Å². The fourth-order valence-corrected chi connectivity index (χ4v) is 5.86. The second kappa shape index (κ2) is 7.82. The number of benzene rings is 7. The van der Waals surface area contributed by atoms with Gasteiger partial charge in [-0.05, 0) is 77.8 Å². The van der Waals surface area contributed by atoms with E-state index in [1.54, 1.807) is 0 Å². The molecule has 0 bridgehead atoms. The van der Waals surface area contributed by atoms with Crippen molar-refractivity contribution in [2.45, 2.75) is 6.92 Å². The van der Waals surface area contributed by atoms with Gasteiger partial charge in [0.1, 0.15) is 0 Å². The zero-order chi connectivity index (χ0) is 23.4. The Morgan fingerprint density at radius 1 is 0.343 bits per heavy atom. The summed E-state index contributed by atoms with van der Waals surface area (Å²) in [6.45, 7) is 2.25. The van der Waals surface area contributed by atoms with Gasteiger partial charge in [0.25, 0.3) is 0 Å². The average molecular weight is 445 g/mol. The van der Waals surface area contributed by atoms with Crippen LogP contribution in [0.3, 0.4) is 0 Å². The van der Waals surface area contributed by atoms with Crippen LogP contribution in [-0.4, -0.2) is 0 Å². The highest BCUT2D eigenvalue weighted by molar-refractivity contribution is 6.25. The molecule has 0 saturated carbocycles. The van der Waals surface area contributed by atoms with Gasteiger partial charge in [0.05, 0.1) is 0 Å². The van der Waals surface area contributed by atoms with Crippen molar-refractivity contribution >= 4 is 43.1 Å². The van der Waals surface area contributed by atoms with E-state index < -0.39 is 0 Å². The summed E-state index contributed by atoms with van der Waals surface area (Å²) >= 11 is 0. The first-order valence-corrected chi connectivity index (χ1v) is 12.2. The van der Waals surface area contributed by atoms with Gasteiger partial charge in [0, 0.05) is 0 Å². The standard InChI is InChI=1S/C35H24/c1-23-11-8-22-32-33(23)35(29-21-10-15-25-13-3-5-17-27(25)29)31-19-7-6-18-30(31)34(32)28-20-9-14-24-12-2-4-16-26(24)28/h2-22H,1H3. The molecule has 35 heavy (non-hydrogen) atoms. The maximum absolute atomic E-state index is 2.31. The Hall–Kier alpha value is -4.42. The van der Waals surface area contributed by atoms with Crippen LogP contribution in [-0.2, 0) is 0 Å². The van der Waals surface area contributed by atoms with Crippen LogP contribution in [0.1, 0.15) is 5.56 Å². The Bertz CT molecular complexity index is 1900.